The van der Waals surface area contributed by atoms with Crippen LogP contribution in [0, 0.1) is 5.92 Å². The zero-order valence-electron chi connectivity index (χ0n) is 17.5. The van der Waals surface area contributed by atoms with Crippen molar-refractivity contribution in [2.75, 3.05) is 11.9 Å². The molecule has 0 bridgehead atoms. The first kappa shape index (κ1) is 21.5. The number of anilines is 1. The van der Waals surface area contributed by atoms with E-state index in [2.05, 4.69) is 34.1 Å². The molecule has 0 saturated heterocycles. The van der Waals surface area contributed by atoms with Crippen molar-refractivity contribution in [3.63, 3.8) is 0 Å². The molecular weight excluding hydrogens is 382 g/mol. The summed E-state index contributed by atoms with van der Waals surface area (Å²) in [5.74, 6) is 0.339. The number of ether oxygens (including phenoxy) is 1. The van der Waals surface area contributed by atoms with Gasteiger partial charge < -0.3 is 19.7 Å². The number of fused-ring (bicyclic) bond motifs is 1. The Balaban J connectivity index is 1.84. The fourth-order valence-electron chi connectivity index (χ4n) is 3.26. The second kappa shape index (κ2) is 10.6. The van der Waals surface area contributed by atoms with Crippen LogP contribution in [0.25, 0.3) is 11.2 Å². The first-order valence-electron chi connectivity index (χ1n) is 10.5. The lowest BCUT2D eigenvalue weighted by Crippen LogP contribution is -2.16. The lowest BCUT2D eigenvalue weighted by atomic mass is 9.99. The van der Waals surface area contributed by atoms with Crippen molar-refractivity contribution in [2.45, 2.75) is 52.7 Å². The molecule has 160 valence electrons. The summed E-state index contributed by atoms with van der Waals surface area (Å²) in [4.78, 5) is 24.6. The van der Waals surface area contributed by atoms with Crippen LogP contribution in [0.1, 0.15) is 45.1 Å². The number of carboxylic acid groups (broad SMARTS) is 1. The van der Waals surface area contributed by atoms with Crippen LogP contribution >= 0.6 is 0 Å². The Bertz CT molecular complexity index is 958. The van der Waals surface area contributed by atoms with Gasteiger partial charge in [-0.2, -0.15) is 9.97 Å². The van der Waals surface area contributed by atoms with Gasteiger partial charge in [0.05, 0.1) is 6.33 Å². The van der Waals surface area contributed by atoms with E-state index in [1.54, 1.807) is 0 Å². The number of hydrogen-bond donors (Lipinski definition) is 2. The molecule has 2 aromatic heterocycles. The Kier molecular flexibility index (Phi) is 7.59. The van der Waals surface area contributed by atoms with Crippen molar-refractivity contribution >= 4 is 23.1 Å². The molecule has 8 nitrogen and oxygen atoms in total. The molecule has 30 heavy (non-hydrogen) atoms. The lowest BCUT2D eigenvalue weighted by molar-refractivity contribution is -0.137. The summed E-state index contributed by atoms with van der Waals surface area (Å²) in [7, 11) is 0. The normalized spacial score (nSPS) is 12.1. The fraction of sp³-hybridized carbons (Fsp3) is 0.455. The summed E-state index contributed by atoms with van der Waals surface area (Å²) < 4.78 is 7.44. The molecule has 1 atom stereocenters. The van der Waals surface area contributed by atoms with Crippen molar-refractivity contribution in [2.24, 2.45) is 5.92 Å². The topological polar surface area (TPSA) is 102 Å². The molecule has 0 aliphatic heterocycles. The number of rotatable bonds is 12. The standard InChI is InChI=1S/C22H29N5O3/c1-3-5-9-16(4-2)12-23-22-25-20-19(24-15-27(20)13-18(28)29)21(26-22)30-14-17-10-7-6-8-11-17/h6-8,10-11,15-16H,3-5,9,12-14H2,1-2H3,(H,28,29)(H,23,25,26). The van der Waals surface area contributed by atoms with E-state index in [-0.39, 0.29) is 6.54 Å². The Labute approximate surface area is 176 Å². The van der Waals surface area contributed by atoms with E-state index >= 15 is 0 Å². The van der Waals surface area contributed by atoms with E-state index in [9.17, 15) is 9.90 Å². The molecule has 8 heteroatoms. The average molecular weight is 412 g/mol. The Hall–Kier alpha value is -3.16. The molecule has 0 amide bonds. The monoisotopic (exact) mass is 411 g/mol. The number of unbranched alkanes of at least 4 members (excludes halogenated alkanes) is 1. The van der Waals surface area contributed by atoms with Gasteiger partial charge in [0.1, 0.15) is 13.2 Å². The van der Waals surface area contributed by atoms with Gasteiger partial charge in [-0.15, -0.1) is 0 Å². The number of imidazole rings is 1. The largest absolute Gasteiger partial charge is 0.480 e. The van der Waals surface area contributed by atoms with Gasteiger partial charge in [0.25, 0.3) is 0 Å². The molecule has 2 heterocycles. The van der Waals surface area contributed by atoms with Gasteiger partial charge in [0.15, 0.2) is 11.2 Å². The van der Waals surface area contributed by atoms with Crippen LogP contribution in [0.4, 0.5) is 5.95 Å². The lowest BCUT2D eigenvalue weighted by Gasteiger charge is -2.16. The summed E-state index contributed by atoms with van der Waals surface area (Å²) in [6.07, 6.45) is 6.05. The number of benzene rings is 1. The van der Waals surface area contributed by atoms with Crippen molar-refractivity contribution in [1.29, 1.82) is 0 Å². The van der Waals surface area contributed by atoms with Gasteiger partial charge in [-0.3, -0.25) is 4.79 Å². The van der Waals surface area contributed by atoms with Gasteiger partial charge in [-0.25, -0.2) is 4.98 Å². The summed E-state index contributed by atoms with van der Waals surface area (Å²) in [6, 6.07) is 9.79. The van der Waals surface area contributed by atoms with Crippen molar-refractivity contribution in [1.82, 2.24) is 19.5 Å². The minimum Gasteiger partial charge on any atom is -0.480 e. The third kappa shape index (κ3) is 5.68. The molecule has 0 fully saturated rings. The van der Waals surface area contributed by atoms with Crippen LogP contribution in [-0.4, -0.2) is 37.1 Å². The predicted octanol–water partition coefficient (Wildman–Crippen LogP) is 4.12. The van der Waals surface area contributed by atoms with Gasteiger partial charge in [0, 0.05) is 6.54 Å². The Morgan fingerprint density at radius 1 is 1.23 bits per heavy atom. The number of carbonyl (C=O) groups is 1. The van der Waals surface area contributed by atoms with E-state index in [4.69, 9.17) is 4.74 Å². The van der Waals surface area contributed by atoms with Crippen LogP contribution in [0.15, 0.2) is 36.7 Å². The van der Waals surface area contributed by atoms with E-state index < -0.39 is 5.97 Å². The van der Waals surface area contributed by atoms with E-state index in [0.29, 0.717) is 35.5 Å². The fourth-order valence-corrected chi connectivity index (χ4v) is 3.26. The van der Waals surface area contributed by atoms with Gasteiger partial charge in [0.2, 0.25) is 11.8 Å². The summed E-state index contributed by atoms with van der Waals surface area (Å²) >= 11 is 0. The van der Waals surface area contributed by atoms with Crippen LogP contribution in [0.2, 0.25) is 0 Å². The molecule has 2 N–H and O–H groups in total. The van der Waals surface area contributed by atoms with Gasteiger partial charge >= 0.3 is 5.97 Å². The average Bonchev–Trinajstić information content (AvgIpc) is 3.15. The molecule has 3 aromatic rings. The number of nitrogens with one attached hydrogen (secondary N) is 1. The van der Waals surface area contributed by atoms with Crippen LogP contribution in [0.5, 0.6) is 5.88 Å². The highest BCUT2D eigenvalue weighted by Gasteiger charge is 2.17. The first-order valence-corrected chi connectivity index (χ1v) is 10.5. The smallest absolute Gasteiger partial charge is 0.323 e. The quantitative estimate of drug-likeness (QED) is 0.462. The molecule has 0 saturated carbocycles. The minimum atomic E-state index is -0.959. The molecule has 0 aliphatic carbocycles. The summed E-state index contributed by atoms with van der Waals surface area (Å²) in [5.41, 5.74) is 1.91. The van der Waals surface area contributed by atoms with Crippen LogP contribution in [-0.2, 0) is 17.9 Å². The van der Waals surface area contributed by atoms with Crippen LogP contribution in [0.3, 0.4) is 0 Å². The van der Waals surface area contributed by atoms with Crippen LogP contribution < -0.4 is 10.1 Å². The second-order valence-corrected chi connectivity index (χ2v) is 7.36. The van der Waals surface area contributed by atoms with Crippen molar-refractivity contribution < 1.29 is 14.6 Å². The highest BCUT2D eigenvalue weighted by molar-refractivity contribution is 5.79. The summed E-state index contributed by atoms with van der Waals surface area (Å²) in [5, 5.41) is 12.5. The maximum absolute atomic E-state index is 11.2. The highest BCUT2D eigenvalue weighted by Crippen LogP contribution is 2.24. The Morgan fingerprint density at radius 2 is 2.03 bits per heavy atom. The van der Waals surface area contributed by atoms with Gasteiger partial charge in [-0.05, 0) is 17.9 Å². The molecule has 0 aliphatic rings. The molecule has 0 spiro atoms. The van der Waals surface area contributed by atoms with Crippen molar-refractivity contribution in [3.05, 3.63) is 42.2 Å². The molecule has 3 rings (SSSR count). The predicted molar refractivity (Wildman–Crippen MR) is 116 cm³/mol. The number of aliphatic carboxylic acids is 1. The second-order valence-electron chi connectivity index (χ2n) is 7.36. The maximum atomic E-state index is 11.2. The molecule has 1 aromatic carbocycles. The zero-order valence-corrected chi connectivity index (χ0v) is 17.5. The summed E-state index contributed by atoms with van der Waals surface area (Å²) in [6.45, 7) is 5.25. The minimum absolute atomic E-state index is 0.223. The van der Waals surface area contributed by atoms with Gasteiger partial charge in [-0.1, -0.05) is 63.4 Å². The van der Waals surface area contributed by atoms with E-state index in [1.807, 2.05) is 30.3 Å². The molecular formula is C22H29N5O3. The van der Waals surface area contributed by atoms with E-state index in [1.165, 1.54) is 23.7 Å². The number of aromatic nitrogens is 4. The van der Waals surface area contributed by atoms with Crippen molar-refractivity contribution in [3.8, 4) is 5.88 Å². The third-order valence-electron chi connectivity index (χ3n) is 5.05. The number of hydrogen-bond acceptors (Lipinski definition) is 6. The van der Waals surface area contributed by atoms with E-state index in [0.717, 1.165) is 24.9 Å². The Morgan fingerprint density at radius 3 is 2.73 bits per heavy atom. The maximum Gasteiger partial charge on any atom is 0.323 e. The third-order valence-corrected chi connectivity index (χ3v) is 5.05. The molecule has 1 unspecified atom stereocenters. The SMILES string of the molecule is CCCCC(CC)CNc1nc(OCc2ccccc2)c2ncn(CC(=O)O)c2n1. The number of carboxylic acids is 1. The molecule has 0 radical (unpaired) electrons. The number of nitrogens with zero attached hydrogens (tertiary/aromatic N) is 4. The first-order chi connectivity index (χ1) is 14.6. The zero-order chi connectivity index (χ0) is 21.3. The highest BCUT2D eigenvalue weighted by atomic mass is 16.5.